The summed E-state index contributed by atoms with van der Waals surface area (Å²) in [5.41, 5.74) is 3.43. The van der Waals surface area contributed by atoms with Crippen LogP contribution in [0.1, 0.15) is 44.7 Å². The highest BCUT2D eigenvalue weighted by Gasteiger charge is 2.43. The van der Waals surface area contributed by atoms with Gasteiger partial charge in [-0.2, -0.15) is 0 Å². The Labute approximate surface area is 231 Å². The number of hydrogen-bond donors (Lipinski definition) is 2. The predicted molar refractivity (Wildman–Crippen MR) is 152 cm³/mol. The molecule has 0 saturated heterocycles. The molecule has 6 rings (SSSR count). The van der Waals surface area contributed by atoms with Gasteiger partial charge in [0.05, 0.1) is 12.1 Å². The summed E-state index contributed by atoms with van der Waals surface area (Å²) >= 11 is 7.03. The number of halogens is 2. The topological polar surface area (TPSA) is 60.8 Å². The molecule has 1 heterocycles. The number of phenols is 2. The summed E-state index contributed by atoms with van der Waals surface area (Å²) in [5, 5.41) is 24.2. The maximum absolute atomic E-state index is 14.4. The number of nitrogens with zero attached hydrogens (tertiary/aromatic N) is 1. The van der Waals surface area contributed by atoms with Gasteiger partial charge in [0.2, 0.25) is 0 Å². The van der Waals surface area contributed by atoms with Gasteiger partial charge in [0.25, 0.3) is 5.91 Å². The molecule has 0 aliphatic carbocycles. The lowest BCUT2D eigenvalue weighted by atomic mass is 9.79. The third-order valence-corrected chi connectivity index (χ3v) is 8.01. The highest BCUT2D eigenvalue weighted by Crippen LogP contribution is 2.54. The van der Waals surface area contributed by atoms with Gasteiger partial charge in [0, 0.05) is 31.0 Å². The zero-order chi connectivity index (χ0) is 25.7. The molecule has 2 unspecified atom stereocenters. The Morgan fingerprint density at radius 1 is 0.622 bits per heavy atom. The van der Waals surface area contributed by atoms with Gasteiger partial charge >= 0.3 is 0 Å². The van der Waals surface area contributed by atoms with Crippen LogP contribution < -0.4 is 0 Å². The Kier molecular flexibility index (Phi) is 6.01. The van der Waals surface area contributed by atoms with Crippen LogP contribution in [-0.4, -0.2) is 21.0 Å². The van der Waals surface area contributed by atoms with Crippen LogP contribution in [-0.2, 0) is 0 Å². The molecular weight excluding hydrogens is 594 g/mol. The minimum absolute atomic E-state index is 0.0763. The Morgan fingerprint density at radius 3 is 1.54 bits per heavy atom. The van der Waals surface area contributed by atoms with Gasteiger partial charge in [-0.25, -0.2) is 0 Å². The maximum Gasteiger partial charge on any atom is 0.255 e. The largest absolute Gasteiger partial charge is 0.508 e. The molecule has 0 aromatic heterocycles. The van der Waals surface area contributed by atoms with E-state index in [-0.39, 0.29) is 17.4 Å². The fraction of sp³-hybridized carbons (Fsp3) is 0.0645. The van der Waals surface area contributed by atoms with Crippen LogP contribution in [0.5, 0.6) is 11.5 Å². The lowest BCUT2D eigenvalue weighted by Crippen LogP contribution is -2.42. The van der Waals surface area contributed by atoms with Crippen LogP contribution in [0.3, 0.4) is 0 Å². The zero-order valence-corrected chi connectivity index (χ0v) is 22.6. The second-order valence-electron chi connectivity index (χ2n) is 9.08. The third-order valence-electron chi connectivity index (χ3n) is 6.95. The number of phenolic OH excluding ortho intramolecular Hbond substituents is 2. The molecule has 182 valence electrons. The molecule has 0 saturated carbocycles. The van der Waals surface area contributed by atoms with Crippen LogP contribution in [0.2, 0.25) is 0 Å². The van der Waals surface area contributed by atoms with Gasteiger partial charge in [-0.15, -0.1) is 0 Å². The average Bonchev–Trinajstić information content (AvgIpc) is 2.92. The zero-order valence-electron chi connectivity index (χ0n) is 19.5. The highest BCUT2D eigenvalue weighted by molar-refractivity contribution is 9.10. The van der Waals surface area contributed by atoms with Crippen molar-refractivity contribution in [2.75, 3.05) is 0 Å². The minimum atomic E-state index is -0.604. The molecule has 5 aromatic rings. The second-order valence-corrected chi connectivity index (χ2v) is 10.9. The van der Waals surface area contributed by atoms with E-state index >= 15 is 0 Å². The number of benzene rings is 5. The lowest BCUT2D eigenvalue weighted by Gasteiger charge is -2.44. The number of amides is 1. The summed E-state index contributed by atoms with van der Waals surface area (Å²) in [5.74, 6) is -0.0495. The van der Waals surface area contributed by atoms with Crippen molar-refractivity contribution in [3.63, 3.8) is 0 Å². The van der Waals surface area contributed by atoms with Gasteiger partial charge in [0.15, 0.2) is 0 Å². The van der Waals surface area contributed by atoms with E-state index in [4.69, 9.17) is 0 Å². The summed E-state index contributed by atoms with van der Waals surface area (Å²) in [6.45, 7) is 0. The standard InChI is InChI=1S/C31H21Br2NO3/c32-22-12-6-19(7-13-22)29-27-24(35)16-10-18-11-17-25(36)28(26(18)27)30(20-8-14-23(33)15-9-20)34(29)31(37)21-4-2-1-3-5-21/h1-17,29-30,35-36H. The Bertz CT molecular complexity index is 1540. The summed E-state index contributed by atoms with van der Waals surface area (Å²) in [7, 11) is 0. The molecule has 0 fully saturated rings. The Hall–Kier alpha value is -3.61. The SMILES string of the molecule is O=C(c1ccccc1)N1C(c2ccc(Br)cc2)c2c(O)ccc3ccc(O)c(c23)C1c1ccc(Br)cc1. The first-order valence-electron chi connectivity index (χ1n) is 11.8. The van der Waals surface area contributed by atoms with Crippen molar-refractivity contribution in [3.05, 3.63) is 140 Å². The fourth-order valence-corrected chi connectivity index (χ4v) is 5.87. The van der Waals surface area contributed by atoms with E-state index in [2.05, 4.69) is 31.9 Å². The van der Waals surface area contributed by atoms with Crippen LogP contribution in [0, 0.1) is 0 Å². The first kappa shape index (κ1) is 23.8. The van der Waals surface area contributed by atoms with Crippen LogP contribution in [0.15, 0.2) is 112 Å². The first-order chi connectivity index (χ1) is 17.9. The van der Waals surface area contributed by atoms with E-state index in [0.717, 1.165) is 30.8 Å². The third kappa shape index (κ3) is 4.01. The van der Waals surface area contributed by atoms with Gasteiger partial charge in [0.1, 0.15) is 11.5 Å². The van der Waals surface area contributed by atoms with Gasteiger partial charge in [-0.3, -0.25) is 4.79 Å². The molecule has 2 N–H and O–H groups in total. The van der Waals surface area contributed by atoms with Crippen molar-refractivity contribution < 1.29 is 15.0 Å². The van der Waals surface area contributed by atoms with Crippen molar-refractivity contribution in [3.8, 4) is 11.5 Å². The van der Waals surface area contributed by atoms with Crippen molar-refractivity contribution >= 4 is 48.5 Å². The van der Waals surface area contributed by atoms with E-state index in [1.165, 1.54) is 0 Å². The van der Waals surface area contributed by atoms with E-state index in [0.29, 0.717) is 16.7 Å². The van der Waals surface area contributed by atoms with Crippen LogP contribution in [0.25, 0.3) is 10.8 Å². The fourth-order valence-electron chi connectivity index (χ4n) is 5.34. The molecule has 1 aliphatic rings. The summed E-state index contributed by atoms with van der Waals surface area (Å²) in [4.78, 5) is 16.2. The number of carbonyl (C=O) groups excluding carboxylic acids is 1. The van der Waals surface area contributed by atoms with E-state index < -0.39 is 12.1 Å². The molecule has 1 aliphatic heterocycles. The molecule has 4 nitrogen and oxygen atoms in total. The molecule has 0 radical (unpaired) electrons. The van der Waals surface area contributed by atoms with E-state index in [1.54, 1.807) is 29.2 Å². The number of carbonyl (C=O) groups is 1. The molecule has 1 amide bonds. The molecule has 0 spiro atoms. The van der Waals surface area contributed by atoms with Crippen molar-refractivity contribution in [1.29, 1.82) is 0 Å². The predicted octanol–water partition coefficient (Wildman–Crippen LogP) is 8.11. The van der Waals surface area contributed by atoms with E-state index in [1.807, 2.05) is 78.9 Å². The monoisotopic (exact) mass is 613 g/mol. The van der Waals surface area contributed by atoms with Gasteiger partial charge < -0.3 is 15.1 Å². The number of rotatable bonds is 3. The molecule has 0 bridgehead atoms. The maximum atomic E-state index is 14.4. The molecule has 2 atom stereocenters. The summed E-state index contributed by atoms with van der Waals surface area (Å²) in [6.07, 6.45) is 0. The molecule has 6 heteroatoms. The number of aromatic hydroxyl groups is 2. The average molecular weight is 615 g/mol. The van der Waals surface area contributed by atoms with Gasteiger partial charge in [-0.05, 0) is 65.0 Å². The minimum Gasteiger partial charge on any atom is -0.508 e. The summed E-state index contributed by atoms with van der Waals surface area (Å²) in [6, 6.07) is 30.5. The number of hydrogen-bond acceptors (Lipinski definition) is 3. The molecule has 37 heavy (non-hydrogen) atoms. The Morgan fingerprint density at radius 2 is 1.08 bits per heavy atom. The van der Waals surface area contributed by atoms with Crippen molar-refractivity contribution in [2.45, 2.75) is 12.1 Å². The van der Waals surface area contributed by atoms with Crippen molar-refractivity contribution in [1.82, 2.24) is 4.90 Å². The molecule has 5 aromatic carbocycles. The van der Waals surface area contributed by atoms with Crippen LogP contribution in [0.4, 0.5) is 0 Å². The smallest absolute Gasteiger partial charge is 0.255 e. The van der Waals surface area contributed by atoms with E-state index in [9.17, 15) is 15.0 Å². The highest BCUT2D eigenvalue weighted by atomic mass is 79.9. The van der Waals surface area contributed by atoms with Crippen molar-refractivity contribution in [2.24, 2.45) is 0 Å². The first-order valence-corrected chi connectivity index (χ1v) is 13.4. The lowest BCUT2D eigenvalue weighted by molar-refractivity contribution is 0.0634. The Balaban J connectivity index is 1.74. The quantitative estimate of drug-likeness (QED) is 0.216. The summed E-state index contributed by atoms with van der Waals surface area (Å²) < 4.78 is 1.83. The van der Waals surface area contributed by atoms with Crippen LogP contribution >= 0.6 is 31.9 Å². The second kappa shape index (κ2) is 9.36. The normalized spacial score (nSPS) is 16.6. The molecular formula is C31H21Br2NO3. The van der Waals surface area contributed by atoms with Gasteiger partial charge in [-0.1, -0.05) is 86.5 Å².